The Bertz CT molecular complexity index is 841. The van der Waals surface area contributed by atoms with E-state index in [1.165, 1.54) is 14.0 Å². The molecule has 0 saturated carbocycles. The van der Waals surface area contributed by atoms with Crippen molar-refractivity contribution < 1.29 is 23.8 Å². The summed E-state index contributed by atoms with van der Waals surface area (Å²) in [5.74, 6) is -0.281. The molecule has 0 aliphatic rings. The number of carbonyl (C=O) groups excluding carboxylic acids is 2. The van der Waals surface area contributed by atoms with Gasteiger partial charge in [-0.15, -0.1) is 0 Å². The van der Waals surface area contributed by atoms with E-state index in [0.29, 0.717) is 27.2 Å². The molecule has 2 rings (SSSR count). The lowest BCUT2D eigenvalue weighted by Gasteiger charge is -2.15. The highest BCUT2D eigenvalue weighted by molar-refractivity contribution is 6.31. The number of hydrogen-bond donors (Lipinski definition) is 1. The summed E-state index contributed by atoms with van der Waals surface area (Å²) in [6.07, 6.45) is -1.03. The standard InChI is InChI=1S/C19H19Cl2NO5/c1-11-8-14(5-6-15(11)21)26-10-18(23)27-12(2)19(24)22-16-9-13(20)4-7-17(16)25-3/h4-9,12H,10H2,1-3H3,(H,22,24)/t12-/m1/s1. The van der Waals surface area contributed by atoms with Gasteiger partial charge in [-0.2, -0.15) is 0 Å². The van der Waals surface area contributed by atoms with Gasteiger partial charge >= 0.3 is 5.97 Å². The van der Waals surface area contributed by atoms with Crippen LogP contribution in [-0.2, 0) is 14.3 Å². The van der Waals surface area contributed by atoms with Gasteiger partial charge in [-0.3, -0.25) is 4.79 Å². The number of rotatable bonds is 7. The molecule has 0 aromatic heterocycles. The van der Waals surface area contributed by atoms with Crippen LogP contribution >= 0.6 is 23.2 Å². The number of anilines is 1. The van der Waals surface area contributed by atoms with Gasteiger partial charge in [-0.05, 0) is 55.8 Å². The average molecular weight is 412 g/mol. The molecule has 0 bridgehead atoms. The van der Waals surface area contributed by atoms with Crippen molar-refractivity contribution in [2.75, 3.05) is 19.0 Å². The lowest BCUT2D eigenvalue weighted by Crippen LogP contribution is -2.31. The molecule has 144 valence electrons. The SMILES string of the molecule is COc1ccc(Cl)cc1NC(=O)[C@@H](C)OC(=O)COc1ccc(Cl)c(C)c1. The number of carbonyl (C=O) groups is 2. The van der Waals surface area contributed by atoms with Gasteiger partial charge in [0.05, 0.1) is 12.8 Å². The number of methoxy groups -OCH3 is 1. The van der Waals surface area contributed by atoms with Crippen molar-refractivity contribution in [3.05, 3.63) is 52.0 Å². The van der Waals surface area contributed by atoms with Gasteiger partial charge in [-0.25, -0.2) is 4.79 Å². The van der Waals surface area contributed by atoms with Crippen LogP contribution in [0.2, 0.25) is 10.0 Å². The smallest absolute Gasteiger partial charge is 0.344 e. The maximum absolute atomic E-state index is 12.2. The summed E-state index contributed by atoms with van der Waals surface area (Å²) in [6.45, 7) is 2.94. The van der Waals surface area contributed by atoms with E-state index in [0.717, 1.165) is 5.56 Å². The highest BCUT2D eigenvalue weighted by Crippen LogP contribution is 2.28. The van der Waals surface area contributed by atoms with Crippen molar-refractivity contribution in [1.29, 1.82) is 0 Å². The Morgan fingerprint density at radius 3 is 2.56 bits per heavy atom. The summed E-state index contributed by atoms with van der Waals surface area (Å²) in [7, 11) is 1.47. The van der Waals surface area contributed by atoms with Crippen molar-refractivity contribution in [3.8, 4) is 11.5 Å². The second-order valence-corrected chi connectivity index (χ2v) is 6.51. The lowest BCUT2D eigenvalue weighted by molar-refractivity contribution is -0.155. The number of halogens is 2. The first-order valence-electron chi connectivity index (χ1n) is 8.03. The molecule has 0 aliphatic heterocycles. The number of hydrogen-bond acceptors (Lipinski definition) is 5. The minimum atomic E-state index is -1.03. The van der Waals surface area contributed by atoms with E-state index in [1.54, 1.807) is 36.4 Å². The van der Waals surface area contributed by atoms with Gasteiger partial charge in [0, 0.05) is 10.0 Å². The normalized spacial score (nSPS) is 11.4. The third-order valence-electron chi connectivity index (χ3n) is 3.58. The van der Waals surface area contributed by atoms with E-state index >= 15 is 0 Å². The second-order valence-electron chi connectivity index (χ2n) is 5.67. The molecule has 0 fully saturated rings. The Hall–Kier alpha value is -2.44. The fourth-order valence-electron chi connectivity index (χ4n) is 2.15. The van der Waals surface area contributed by atoms with Crippen molar-refractivity contribution in [3.63, 3.8) is 0 Å². The zero-order valence-electron chi connectivity index (χ0n) is 15.0. The fourth-order valence-corrected chi connectivity index (χ4v) is 2.44. The van der Waals surface area contributed by atoms with Gasteiger partial charge in [0.25, 0.3) is 5.91 Å². The van der Waals surface area contributed by atoms with Gasteiger partial charge in [0.15, 0.2) is 12.7 Å². The van der Waals surface area contributed by atoms with Crippen LogP contribution in [0.4, 0.5) is 5.69 Å². The zero-order valence-corrected chi connectivity index (χ0v) is 16.6. The Morgan fingerprint density at radius 1 is 1.15 bits per heavy atom. The molecule has 8 heteroatoms. The Labute approximate surface area is 167 Å². The minimum Gasteiger partial charge on any atom is -0.495 e. The van der Waals surface area contributed by atoms with Gasteiger partial charge in [0.2, 0.25) is 0 Å². The predicted octanol–water partition coefficient (Wildman–Crippen LogP) is 4.26. The molecule has 0 heterocycles. The Morgan fingerprint density at radius 2 is 1.89 bits per heavy atom. The van der Waals surface area contributed by atoms with Crippen molar-refractivity contribution in [1.82, 2.24) is 0 Å². The Balaban J connectivity index is 1.89. The van der Waals surface area contributed by atoms with Gasteiger partial charge < -0.3 is 19.5 Å². The molecule has 0 spiro atoms. The third-order valence-corrected chi connectivity index (χ3v) is 4.24. The summed E-state index contributed by atoms with van der Waals surface area (Å²) in [4.78, 5) is 24.2. The topological polar surface area (TPSA) is 73.9 Å². The zero-order chi connectivity index (χ0) is 20.0. The summed E-state index contributed by atoms with van der Waals surface area (Å²) >= 11 is 11.9. The van der Waals surface area contributed by atoms with E-state index in [4.69, 9.17) is 37.4 Å². The largest absolute Gasteiger partial charge is 0.495 e. The summed E-state index contributed by atoms with van der Waals surface area (Å²) < 4.78 is 15.6. The number of nitrogens with one attached hydrogen (secondary N) is 1. The van der Waals surface area contributed by atoms with Crippen LogP contribution in [0.25, 0.3) is 0 Å². The average Bonchev–Trinajstić information content (AvgIpc) is 2.63. The molecule has 6 nitrogen and oxygen atoms in total. The lowest BCUT2D eigenvalue weighted by atomic mass is 10.2. The first kappa shape index (κ1) is 20.9. The van der Waals surface area contributed by atoms with Crippen LogP contribution in [0.5, 0.6) is 11.5 Å². The summed E-state index contributed by atoms with van der Waals surface area (Å²) in [6, 6.07) is 9.82. The number of benzene rings is 2. The van der Waals surface area contributed by atoms with E-state index in [-0.39, 0.29) is 6.61 Å². The van der Waals surface area contributed by atoms with Crippen molar-refractivity contribution in [2.45, 2.75) is 20.0 Å². The van der Waals surface area contributed by atoms with Crippen LogP contribution in [0.1, 0.15) is 12.5 Å². The number of amides is 1. The quantitative estimate of drug-likeness (QED) is 0.688. The molecule has 0 unspecified atom stereocenters. The van der Waals surface area contributed by atoms with Crippen LogP contribution in [0.3, 0.4) is 0 Å². The van der Waals surface area contributed by atoms with E-state index in [9.17, 15) is 9.59 Å². The van der Waals surface area contributed by atoms with Gasteiger partial charge in [-0.1, -0.05) is 23.2 Å². The van der Waals surface area contributed by atoms with Crippen molar-refractivity contribution >= 4 is 40.8 Å². The molecule has 2 aromatic carbocycles. The van der Waals surface area contributed by atoms with Crippen LogP contribution in [-0.4, -0.2) is 31.7 Å². The minimum absolute atomic E-state index is 0.334. The first-order chi connectivity index (χ1) is 12.8. The summed E-state index contributed by atoms with van der Waals surface area (Å²) in [5.41, 5.74) is 1.21. The predicted molar refractivity (Wildman–Crippen MR) is 104 cm³/mol. The number of aryl methyl sites for hydroxylation is 1. The van der Waals surface area contributed by atoms with Crippen LogP contribution in [0, 0.1) is 6.92 Å². The molecule has 0 aliphatic carbocycles. The highest BCUT2D eigenvalue weighted by Gasteiger charge is 2.20. The van der Waals surface area contributed by atoms with Gasteiger partial charge in [0.1, 0.15) is 11.5 Å². The molecular weight excluding hydrogens is 393 g/mol. The highest BCUT2D eigenvalue weighted by atomic mass is 35.5. The number of esters is 1. The maximum Gasteiger partial charge on any atom is 0.344 e. The molecule has 2 aromatic rings. The molecule has 1 amide bonds. The first-order valence-corrected chi connectivity index (χ1v) is 8.78. The van der Waals surface area contributed by atoms with E-state index in [1.807, 2.05) is 6.92 Å². The maximum atomic E-state index is 12.2. The van der Waals surface area contributed by atoms with Crippen LogP contribution < -0.4 is 14.8 Å². The van der Waals surface area contributed by atoms with E-state index < -0.39 is 18.0 Å². The second kappa shape index (κ2) is 9.48. The third kappa shape index (κ3) is 6.05. The monoisotopic (exact) mass is 411 g/mol. The molecular formula is C19H19Cl2NO5. The van der Waals surface area contributed by atoms with E-state index in [2.05, 4.69) is 5.32 Å². The molecule has 1 atom stereocenters. The molecule has 1 N–H and O–H groups in total. The molecule has 27 heavy (non-hydrogen) atoms. The Kier molecular flexibility index (Phi) is 7.33. The summed E-state index contributed by atoms with van der Waals surface area (Å²) in [5, 5.41) is 3.65. The van der Waals surface area contributed by atoms with Crippen molar-refractivity contribution in [2.24, 2.45) is 0 Å². The number of ether oxygens (including phenoxy) is 3. The molecule has 0 saturated heterocycles. The van der Waals surface area contributed by atoms with Crippen LogP contribution in [0.15, 0.2) is 36.4 Å². The fraction of sp³-hybridized carbons (Fsp3) is 0.263. The molecule has 0 radical (unpaired) electrons.